The quantitative estimate of drug-likeness (QED) is 0.722. The fraction of sp³-hybridized carbons (Fsp3) is 0.263. The summed E-state index contributed by atoms with van der Waals surface area (Å²) in [5.41, 5.74) is 3.06. The molecule has 0 radical (unpaired) electrons. The van der Waals surface area contributed by atoms with Crippen LogP contribution in [0.3, 0.4) is 0 Å². The van der Waals surface area contributed by atoms with Crippen LogP contribution in [0.2, 0.25) is 5.02 Å². The highest BCUT2D eigenvalue weighted by Gasteiger charge is 2.10. The maximum absolute atomic E-state index is 12.1. The van der Waals surface area contributed by atoms with Gasteiger partial charge in [-0.2, -0.15) is 4.80 Å². The summed E-state index contributed by atoms with van der Waals surface area (Å²) in [7, 11) is 0. The van der Waals surface area contributed by atoms with Gasteiger partial charge in [0.05, 0.1) is 0 Å². The fourth-order valence-electron chi connectivity index (χ4n) is 2.47. The van der Waals surface area contributed by atoms with E-state index in [-0.39, 0.29) is 12.5 Å². The van der Waals surface area contributed by atoms with Crippen molar-refractivity contribution in [2.24, 2.45) is 0 Å². The second-order valence-corrected chi connectivity index (χ2v) is 6.76. The Balaban J connectivity index is 1.58. The Hall–Kier alpha value is -2.73. The molecule has 0 aliphatic heterocycles. The molecule has 0 unspecified atom stereocenters. The maximum Gasteiger partial charge on any atom is 0.243 e. The van der Waals surface area contributed by atoms with Gasteiger partial charge in [0, 0.05) is 17.1 Å². The molecule has 6 nitrogen and oxygen atoms in total. The summed E-state index contributed by atoms with van der Waals surface area (Å²) in [6, 6.07) is 15.4. The molecule has 1 heterocycles. The van der Waals surface area contributed by atoms with E-state index in [9.17, 15) is 4.79 Å². The van der Waals surface area contributed by atoms with Gasteiger partial charge in [0.25, 0.3) is 0 Å². The van der Waals surface area contributed by atoms with Gasteiger partial charge < -0.3 is 5.32 Å². The number of benzene rings is 2. The van der Waals surface area contributed by atoms with Crippen molar-refractivity contribution in [3.63, 3.8) is 0 Å². The number of rotatable bonds is 6. The summed E-state index contributed by atoms with van der Waals surface area (Å²) in [5, 5.41) is 15.7. The van der Waals surface area contributed by atoms with Crippen LogP contribution in [0.4, 0.5) is 0 Å². The average Bonchev–Trinajstić information content (AvgIpc) is 3.08. The van der Waals surface area contributed by atoms with Crippen molar-refractivity contribution in [3.8, 4) is 11.4 Å². The Morgan fingerprint density at radius 2 is 1.96 bits per heavy atom. The number of nitrogens with zero attached hydrogens (tertiary/aromatic N) is 4. The first kappa shape index (κ1) is 18.1. The molecule has 0 aliphatic carbocycles. The van der Waals surface area contributed by atoms with Gasteiger partial charge in [-0.3, -0.25) is 4.79 Å². The molecule has 1 amide bonds. The van der Waals surface area contributed by atoms with E-state index in [0.29, 0.717) is 23.3 Å². The lowest BCUT2D eigenvalue weighted by atomic mass is 10.0. The molecule has 7 heteroatoms. The van der Waals surface area contributed by atoms with Gasteiger partial charge in [0.15, 0.2) is 0 Å². The van der Waals surface area contributed by atoms with E-state index in [1.54, 1.807) is 6.07 Å². The molecule has 0 saturated heterocycles. The van der Waals surface area contributed by atoms with Crippen molar-refractivity contribution in [1.29, 1.82) is 0 Å². The molecule has 1 aromatic heterocycles. The molecule has 0 saturated carbocycles. The van der Waals surface area contributed by atoms with Crippen molar-refractivity contribution < 1.29 is 4.79 Å². The summed E-state index contributed by atoms with van der Waals surface area (Å²) in [5.74, 6) is 0.780. The van der Waals surface area contributed by atoms with Crippen LogP contribution in [-0.2, 0) is 17.9 Å². The molecule has 134 valence electrons. The van der Waals surface area contributed by atoms with E-state index in [4.69, 9.17) is 11.6 Å². The number of aromatic nitrogens is 4. The Bertz CT molecular complexity index is 889. The molecular weight excluding hydrogens is 350 g/mol. The minimum absolute atomic E-state index is 0.0116. The number of halogens is 1. The zero-order valence-electron chi connectivity index (χ0n) is 14.7. The smallest absolute Gasteiger partial charge is 0.243 e. The lowest BCUT2D eigenvalue weighted by Crippen LogP contribution is -2.28. The molecule has 1 N–H and O–H groups in total. The van der Waals surface area contributed by atoms with Crippen molar-refractivity contribution >= 4 is 17.5 Å². The van der Waals surface area contributed by atoms with Crippen LogP contribution in [-0.4, -0.2) is 26.1 Å². The van der Waals surface area contributed by atoms with Crippen LogP contribution < -0.4 is 5.32 Å². The highest BCUT2D eigenvalue weighted by Crippen LogP contribution is 2.19. The molecule has 2 aromatic carbocycles. The normalized spacial score (nSPS) is 10.9. The van der Waals surface area contributed by atoms with E-state index in [2.05, 4.69) is 46.7 Å². The van der Waals surface area contributed by atoms with Crippen molar-refractivity contribution in [2.75, 3.05) is 0 Å². The van der Waals surface area contributed by atoms with E-state index in [1.165, 1.54) is 10.4 Å². The monoisotopic (exact) mass is 369 g/mol. The van der Waals surface area contributed by atoms with Gasteiger partial charge >= 0.3 is 0 Å². The summed E-state index contributed by atoms with van der Waals surface area (Å²) >= 11 is 5.93. The largest absolute Gasteiger partial charge is 0.350 e. The maximum atomic E-state index is 12.1. The molecular formula is C19H20ClN5O. The molecule has 26 heavy (non-hydrogen) atoms. The molecule has 0 fully saturated rings. The fourth-order valence-corrected chi connectivity index (χ4v) is 2.69. The summed E-state index contributed by atoms with van der Waals surface area (Å²) in [4.78, 5) is 13.4. The first-order valence-electron chi connectivity index (χ1n) is 8.40. The lowest BCUT2D eigenvalue weighted by Gasteiger charge is -2.05. The third-order valence-electron chi connectivity index (χ3n) is 3.95. The third kappa shape index (κ3) is 4.67. The summed E-state index contributed by atoms with van der Waals surface area (Å²) < 4.78 is 0. The predicted octanol–water partition coefficient (Wildman–Crippen LogP) is 3.43. The third-order valence-corrected chi connectivity index (χ3v) is 4.19. The highest BCUT2D eigenvalue weighted by atomic mass is 35.5. The highest BCUT2D eigenvalue weighted by molar-refractivity contribution is 6.30. The molecule has 0 atom stereocenters. The Kier molecular flexibility index (Phi) is 5.63. The number of amides is 1. The molecule has 3 aromatic rings. The van der Waals surface area contributed by atoms with Gasteiger partial charge in [0.1, 0.15) is 6.54 Å². The zero-order valence-corrected chi connectivity index (χ0v) is 15.4. The summed E-state index contributed by atoms with van der Waals surface area (Å²) in [6.07, 6.45) is 0. The minimum atomic E-state index is -0.191. The minimum Gasteiger partial charge on any atom is -0.350 e. The Morgan fingerprint density at radius 1 is 1.19 bits per heavy atom. The van der Waals surface area contributed by atoms with Crippen LogP contribution in [0.1, 0.15) is 30.9 Å². The zero-order chi connectivity index (χ0) is 18.5. The number of nitrogens with one attached hydrogen (secondary N) is 1. The van der Waals surface area contributed by atoms with Crippen molar-refractivity contribution in [3.05, 3.63) is 64.7 Å². The van der Waals surface area contributed by atoms with Crippen LogP contribution in [0.5, 0.6) is 0 Å². The van der Waals surface area contributed by atoms with E-state index < -0.39 is 0 Å². The predicted molar refractivity (Wildman–Crippen MR) is 101 cm³/mol. The Labute approximate surface area is 157 Å². The van der Waals surface area contributed by atoms with Crippen LogP contribution in [0, 0.1) is 0 Å². The molecule has 0 spiro atoms. The van der Waals surface area contributed by atoms with E-state index in [0.717, 1.165) is 11.1 Å². The van der Waals surface area contributed by atoms with Crippen LogP contribution in [0.25, 0.3) is 11.4 Å². The van der Waals surface area contributed by atoms with Crippen LogP contribution in [0.15, 0.2) is 48.5 Å². The van der Waals surface area contributed by atoms with Gasteiger partial charge in [-0.25, -0.2) is 0 Å². The average molecular weight is 370 g/mol. The van der Waals surface area contributed by atoms with Crippen molar-refractivity contribution in [2.45, 2.75) is 32.9 Å². The van der Waals surface area contributed by atoms with Gasteiger partial charge in [0.2, 0.25) is 11.7 Å². The van der Waals surface area contributed by atoms with Crippen LogP contribution >= 0.6 is 11.6 Å². The van der Waals surface area contributed by atoms with Gasteiger partial charge in [-0.1, -0.05) is 61.8 Å². The first-order chi connectivity index (χ1) is 12.5. The van der Waals surface area contributed by atoms with Gasteiger partial charge in [-0.15, -0.1) is 10.2 Å². The standard InChI is InChI=1S/C19H20ClN5O/c1-13(2)15-6-8-16(9-7-15)19-22-24-25(23-19)12-18(26)21-11-14-4-3-5-17(20)10-14/h3-10,13H,11-12H2,1-2H3,(H,21,26). The van der Waals surface area contributed by atoms with E-state index >= 15 is 0 Å². The topological polar surface area (TPSA) is 72.7 Å². The Morgan fingerprint density at radius 3 is 2.65 bits per heavy atom. The van der Waals surface area contributed by atoms with Gasteiger partial charge in [-0.05, 0) is 34.4 Å². The lowest BCUT2D eigenvalue weighted by molar-refractivity contribution is -0.122. The molecule has 0 bridgehead atoms. The number of hydrogen-bond donors (Lipinski definition) is 1. The van der Waals surface area contributed by atoms with Crippen molar-refractivity contribution in [1.82, 2.24) is 25.5 Å². The first-order valence-corrected chi connectivity index (χ1v) is 8.78. The second-order valence-electron chi connectivity index (χ2n) is 6.33. The number of hydrogen-bond acceptors (Lipinski definition) is 4. The second kappa shape index (κ2) is 8.10. The molecule has 3 rings (SSSR count). The summed E-state index contributed by atoms with van der Waals surface area (Å²) in [6.45, 7) is 4.70. The molecule has 0 aliphatic rings. The van der Waals surface area contributed by atoms with E-state index in [1.807, 2.05) is 30.3 Å². The SMILES string of the molecule is CC(C)c1ccc(-c2nnn(CC(=O)NCc3cccc(Cl)c3)n2)cc1. The number of carbonyl (C=O) groups excluding carboxylic acids is 1. The number of tetrazole rings is 1. The number of carbonyl (C=O) groups is 1.